The van der Waals surface area contributed by atoms with Crippen LogP contribution in [-0.2, 0) is 28.6 Å². The van der Waals surface area contributed by atoms with Gasteiger partial charge >= 0.3 is 17.9 Å². The fraction of sp³-hybridized carbons (Fsp3) is 0.897. The average Bonchev–Trinajstić information content (AvgIpc) is 3.14. The van der Waals surface area contributed by atoms with E-state index < -0.39 is 0 Å². The second-order valence-corrected chi connectivity index (χ2v) is 12.7. The molecule has 0 radical (unpaired) electrons. The Bertz CT molecular complexity index is 824. The van der Waals surface area contributed by atoms with Crippen molar-refractivity contribution in [1.29, 1.82) is 0 Å². The first-order valence-electron chi connectivity index (χ1n) is 13.9. The van der Waals surface area contributed by atoms with Crippen LogP contribution in [0.5, 0.6) is 0 Å². The maximum Gasteiger partial charge on any atom is 0.305 e. The highest BCUT2D eigenvalue weighted by Crippen LogP contribution is 2.68. The minimum absolute atomic E-state index is 0.0134. The number of carbonyl (C=O) groups excluding carboxylic acids is 3. The lowest BCUT2D eigenvalue weighted by Crippen LogP contribution is -2.59. The molecule has 4 rings (SSSR count). The van der Waals surface area contributed by atoms with Crippen LogP contribution in [0.25, 0.3) is 0 Å². The van der Waals surface area contributed by atoms with Crippen LogP contribution in [0.2, 0.25) is 0 Å². The molecule has 0 N–H and O–H groups in total. The first kappa shape index (κ1) is 26.5. The minimum atomic E-state index is -0.199. The zero-order valence-electron chi connectivity index (χ0n) is 22.6. The van der Waals surface area contributed by atoms with Gasteiger partial charge in [-0.05, 0) is 98.2 Å². The van der Waals surface area contributed by atoms with Gasteiger partial charge in [-0.1, -0.05) is 20.8 Å². The maximum atomic E-state index is 12.2. The molecular weight excluding hydrogens is 444 g/mol. The molecular formula is C29H46O6. The van der Waals surface area contributed by atoms with Crippen LogP contribution in [0.3, 0.4) is 0 Å². The highest BCUT2D eigenvalue weighted by Gasteiger charge is 2.63. The number of rotatable bonds is 6. The van der Waals surface area contributed by atoms with Crippen LogP contribution < -0.4 is 0 Å². The molecule has 0 aliphatic heterocycles. The third-order valence-corrected chi connectivity index (χ3v) is 11.1. The van der Waals surface area contributed by atoms with Crippen LogP contribution in [-0.4, -0.2) is 37.2 Å². The molecule has 0 heterocycles. The highest BCUT2D eigenvalue weighted by atomic mass is 16.5. The monoisotopic (exact) mass is 490 g/mol. The second-order valence-electron chi connectivity index (χ2n) is 12.7. The van der Waals surface area contributed by atoms with Gasteiger partial charge in [0.05, 0.1) is 7.11 Å². The van der Waals surface area contributed by atoms with Gasteiger partial charge < -0.3 is 14.2 Å². The predicted molar refractivity (Wildman–Crippen MR) is 132 cm³/mol. The number of esters is 3. The number of carbonyl (C=O) groups is 3. The Morgan fingerprint density at radius 2 is 1.54 bits per heavy atom. The summed E-state index contributed by atoms with van der Waals surface area (Å²) in [5, 5.41) is 0. The molecule has 0 bridgehead atoms. The topological polar surface area (TPSA) is 78.9 Å². The van der Waals surface area contributed by atoms with E-state index in [-0.39, 0.29) is 40.9 Å². The van der Waals surface area contributed by atoms with Gasteiger partial charge in [0.15, 0.2) is 0 Å². The Labute approximate surface area is 211 Å². The van der Waals surface area contributed by atoms with Crippen LogP contribution in [0.1, 0.15) is 98.8 Å². The van der Waals surface area contributed by atoms with Gasteiger partial charge in [-0.3, -0.25) is 14.4 Å². The first-order chi connectivity index (χ1) is 16.5. The summed E-state index contributed by atoms with van der Waals surface area (Å²) in [6.45, 7) is 10.3. The van der Waals surface area contributed by atoms with E-state index >= 15 is 0 Å². The third-order valence-electron chi connectivity index (χ3n) is 11.1. The Hall–Kier alpha value is -1.59. The molecule has 0 aromatic carbocycles. The van der Waals surface area contributed by atoms with E-state index in [4.69, 9.17) is 14.2 Å². The molecule has 0 unspecified atom stereocenters. The van der Waals surface area contributed by atoms with E-state index in [2.05, 4.69) is 20.8 Å². The molecule has 4 aliphatic rings. The molecule has 6 heteroatoms. The molecule has 4 fully saturated rings. The second kappa shape index (κ2) is 10.0. The molecule has 35 heavy (non-hydrogen) atoms. The molecule has 0 amide bonds. The molecule has 10 atom stereocenters. The lowest BCUT2D eigenvalue weighted by atomic mass is 9.43. The molecule has 6 nitrogen and oxygen atoms in total. The van der Waals surface area contributed by atoms with Gasteiger partial charge in [0.1, 0.15) is 12.2 Å². The number of hydrogen-bond acceptors (Lipinski definition) is 6. The number of methoxy groups -OCH3 is 1. The summed E-state index contributed by atoms with van der Waals surface area (Å²) >= 11 is 0. The van der Waals surface area contributed by atoms with Gasteiger partial charge in [-0.25, -0.2) is 0 Å². The molecule has 0 aromatic rings. The van der Waals surface area contributed by atoms with Gasteiger partial charge in [-0.2, -0.15) is 0 Å². The summed E-state index contributed by atoms with van der Waals surface area (Å²) in [6.07, 6.45) is 9.80. The molecule has 0 spiro atoms. The van der Waals surface area contributed by atoms with Crippen LogP contribution in [0.4, 0.5) is 0 Å². The summed E-state index contributed by atoms with van der Waals surface area (Å²) in [6, 6.07) is 0. The fourth-order valence-corrected chi connectivity index (χ4v) is 9.46. The Morgan fingerprint density at radius 3 is 2.20 bits per heavy atom. The van der Waals surface area contributed by atoms with Crippen molar-refractivity contribution in [3.8, 4) is 0 Å². The highest BCUT2D eigenvalue weighted by molar-refractivity contribution is 5.69. The van der Waals surface area contributed by atoms with Crippen LogP contribution in [0, 0.1) is 46.3 Å². The van der Waals surface area contributed by atoms with E-state index in [1.165, 1.54) is 39.7 Å². The number of ether oxygens (including phenoxy) is 3. The zero-order valence-corrected chi connectivity index (χ0v) is 22.6. The van der Waals surface area contributed by atoms with Crippen molar-refractivity contribution in [2.45, 2.75) is 111 Å². The quantitative estimate of drug-likeness (QED) is 0.351. The Morgan fingerprint density at radius 1 is 0.886 bits per heavy atom. The van der Waals surface area contributed by atoms with Crippen molar-refractivity contribution >= 4 is 17.9 Å². The number of hydrogen-bond donors (Lipinski definition) is 0. The Kier molecular flexibility index (Phi) is 7.60. The van der Waals surface area contributed by atoms with E-state index in [9.17, 15) is 14.4 Å². The van der Waals surface area contributed by atoms with Crippen LogP contribution in [0.15, 0.2) is 0 Å². The summed E-state index contributed by atoms with van der Waals surface area (Å²) in [5.41, 5.74) is 0.418. The van der Waals surface area contributed by atoms with Crippen molar-refractivity contribution in [2.24, 2.45) is 46.3 Å². The minimum Gasteiger partial charge on any atom is -0.469 e. The maximum absolute atomic E-state index is 12.2. The van der Waals surface area contributed by atoms with Crippen molar-refractivity contribution in [3.63, 3.8) is 0 Å². The number of fused-ring (bicyclic) bond motifs is 5. The largest absolute Gasteiger partial charge is 0.469 e. The average molecular weight is 491 g/mol. The normalized spacial score (nSPS) is 43.2. The van der Waals surface area contributed by atoms with Crippen molar-refractivity contribution in [1.82, 2.24) is 0 Å². The van der Waals surface area contributed by atoms with Crippen molar-refractivity contribution < 1.29 is 28.6 Å². The molecule has 198 valence electrons. The summed E-state index contributed by atoms with van der Waals surface area (Å²) in [7, 11) is 1.47. The predicted octanol–water partition coefficient (Wildman–Crippen LogP) is 5.71. The van der Waals surface area contributed by atoms with Gasteiger partial charge in [0.25, 0.3) is 0 Å². The summed E-state index contributed by atoms with van der Waals surface area (Å²) in [4.78, 5) is 35.6. The molecule has 0 saturated heterocycles. The van der Waals surface area contributed by atoms with Gasteiger partial charge in [-0.15, -0.1) is 0 Å². The smallest absolute Gasteiger partial charge is 0.305 e. The summed E-state index contributed by atoms with van der Waals surface area (Å²) in [5.74, 6) is 2.43. The standard InChI is InChI=1S/C29H46O6/c1-17(7-10-26(32)33-6)22-8-9-23-27-24(12-14-29(22,23)5)28(4)13-11-21(34-18(2)30)15-20(28)16-25(27)35-19(3)31/h17,20-25,27H,7-16H2,1-6H3/t17-,20-,21+,22+,23+,24-,25+,27-,28-,29+/m0/s1. The zero-order chi connectivity index (χ0) is 25.5. The summed E-state index contributed by atoms with van der Waals surface area (Å²) < 4.78 is 16.6. The lowest BCUT2D eigenvalue weighted by molar-refractivity contribution is -0.197. The Balaban J connectivity index is 1.57. The molecule has 4 saturated carbocycles. The SMILES string of the molecule is COC(=O)CC[C@H](C)[C@H]1CC[C@@H]2[C@@H]3[C@H](OC(C)=O)C[C@@H]4C[C@H](OC(C)=O)CC[C@]4(C)[C@H]3CC[C@@]21C. The molecule has 0 aromatic heterocycles. The third kappa shape index (κ3) is 4.87. The first-order valence-corrected chi connectivity index (χ1v) is 13.9. The van der Waals surface area contributed by atoms with E-state index in [1.54, 1.807) is 6.92 Å². The van der Waals surface area contributed by atoms with E-state index in [0.29, 0.717) is 41.9 Å². The van der Waals surface area contributed by atoms with E-state index in [1.807, 2.05) is 0 Å². The van der Waals surface area contributed by atoms with Crippen molar-refractivity contribution in [2.75, 3.05) is 7.11 Å². The van der Waals surface area contributed by atoms with E-state index in [0.717, 1.165) is 32.1 Å². The van der Waals surface area contributed by atoms with Gasteiger partial charge in [0, 0.05) is 26.2 Å². The van der Waals surface area contributed by atoms with Gasteiger partial charge in [0.2, 0.25) is 0 Å². The van der Waals surface area contributed by atoms with Crippen molar-refractivity contribution in [3.05, 3.63) is 0 Å². The lowest BCUT2D eigenvalue weighted by Gasteiger charge is -2.62. The fourth-order valence-electron chi connectivity index (χ4n) is 9.46. The van der Waals surface area contributed by atoms with Crippen LogP contribution >= 0.6 is 0 Å². The molecule has 4 aliphatic carbocycles.